The molecule has 1 fully saturated rings. The lowest BCUT2D eigenvalue weighted by Gasteiger charge is -2.38. The third kappa shape index (κ3) is 2.95. The highest BCUT2D eigenvalue weighted by molar-refractivity contribution is 6.16. The molecule has 1 aliphatic heterocycles. The van der Waals surface area contributed by atoms with Crippen LogP contribution in [0.2, 0.25) is 0 Å². The van der Waals surface area contributed by atoms with Crippen molar-refractivity contribution >= 4 is 22.6 Å². The molecular formula is C17H24ClN3. The summed E-state index contributed by atoms with van der Waals surface area (Å²) >= 11 is 6.14. The number of halogens is 1. The van der Waals surface area contributed by atoms with Gasteiger partial charge in [0.2, 0.25) is 0 Å². The van der Waals surface area contributed by atoms with Gasteiger partial charge in [0.05, 0.1) is 16.9 Å². The Morgan fingerprint density at radius 2 is 2.00 bits per heavy atom. The van der Waals surface area contributed by atoms with E-state index in [1.807, 2.05) is 0 Å². The maximum Gasteiger partial charge on any atom is 0.124 e. The highest BCUT2D eigenvalue weighted by Gasteiger charge is 2.30. The van der Waals surface area contributed by atoms with Crippen molar-refractivity contribution < 1.29 is 0 Å². The molecule has 0 unspecified atom stereocenters. The summed E-state index contributed by atoms with van der Waals surface area (Å²) in [5.41, 5.74) is 3.88. The molecule has 0 saturated carbocycles. The molecule has 3 rings (SSSR count). The van der Waals surface area contributed by atoms with Crippen LogP contribution in [0, 0.1) is 12.3 Å². The summed E-state index contributed by atoms with van der Waals surface area (Å²) in [6, 6.07) is 6.50. The Bertz CT molecular complexity index is 639. The number of nitrogens with zero attached hydrogens (tertiary/aromatic N) is 3. The quantitative estimate of drug-likeness (QED) is 0.804. The van der Waals surface area contributed by atoms with Gasteiger partial charge < -0.3 is 9.47 Å². The van der Waals surface area contributed by atoms with Gasteiger partial charge in [-0.1, -0.05) is 13.0 Å². The van der Waals surface area contributed by atoms with E-state index >= 15 is 0 Å². The van der Waals surface area contributed by atoms with E-state index < -0.39 is 0 Å². The first kappa shape index (κ1) is 14.9. The van der Waals surface area contributed by atoms with Crippen molar-refractivity contribution in [1.29, 1.82) is 0 Å². The van der Waals surface area contributed by atoms with E-state index in [2.05, 4.69) is 48.6 Å². The Kier molecular flexibility index (Phi) is 3.98. The molecule has 1 saturated heterocycles. The third-order valence-corrected chi connectivity index (χ3v) is 5.08. The van der Waals surface area contributed by atoms with Crippen molar-refractivity contribution in [1.82, 2.24) is 14.5 Å². The summed E-state index contributed by atoms with van der Waals surface area (Å²) < 4.78 is 2.34. The molecule has 0 amide bonds. The van der Waals surface area contributed by atoms with Crippen LogP contribution < -0.4 is 0 Å². The summed E-state index contributed by atoms with van der Waals surface area (Å²) in [6.07, 6.45) is 2.47. The maximum absolute atomic E-state index is 6.14. The summed E-state index contributed by atoms with van der Waals surface area (Å²) in [6.45, 7) is 7.88. The number of benzene rings is 1. The van der Waals surface area contributed by atoms with Gasteiger partial charge in [0.25, 0.3) is 0 Å². The zero-order valence-electron chi connectivity index (χ0n) is 13.2. The lowest BCUT2D eigenvalue weighted by atomic mass is 9.80. The molecule has 0 aliphatic carbocycles. The van der Waals surface area contributed by atoms with Crippen LogP contribution in [0.3, 0.4) is 0 Å². The van der Waals surface area contributed by atoms with Gasteiger partial charge in [-0.3, -0.25) is 0 Å². The van der Waals surface area contributed by atoms with Crippen molar-refractivity contribution in [3.8, 4) is 0 Å². The molecule has 1 aliphatic rings. The fraction of sp³-hybridized carbons (Fsp3) is 0.588. The van der Waals surface area contributed by atoms with Gasteiger partial charge in [-0.25, -0.2) is 4.98 Å². The summed E-state index contributed by atoms with van der Waals surface area (Å²) in [4.78, 5) is 7.14. The molecule has 114 valence electrons. The minimum absolute atomic E-state index is 0.339. The average molecular weight is 306 g/mol. The van der Waals surface area contributed by atoms with E-state index in [4.69, 9.17) is 16.6 Å². The number of fused-ring (bicyclic) bond motifs is 1. The number of likely N-dealkylation sites (tertiary alicyclic amines) is 1. The maximum atomic E-state index is 6.14. The summed E-state index contributed by atoms with van der Waals surface area (Å²) in [5.74, 6) is 1.47. The summed E-state index contributed by atoms with van der Waals surface area (Å²) in [7, 11) is 2.21. The van der Waals surface area contributed by atoms with Crippen LogP contribution in [-0.4, -0.2) is 34.6 Å². The number of hydrogen-bond acceptors (Lipinski definition) is 2. The van der Waals surface area contributed by atoms with Crippen LogP contribution in [0.25, 0.3) is 11.0 Å². The number of hydrogen-bond donors (Lipinski definition) is 0. The minimum atomic E-state index is 0.339. The lowest BCUT2D eigenvalue weighted by Crippen LogP contribution is -2.38. The summed E-state index contributed by atoms with van der Waals surface area (Å²) in [5, 5.41) is 0. The van der Waals surface area contributed by atoms with Crippen molar-refractivity contribution in [3.63, 3.8) is 0 Å². The average Bonchev–Trinajstić information content (AvgIpc) is 2.79. The van der Waals surface area contributed by atoms with Crippen molar-refractivity contribution in [3.05, 3.63) is 29.6 Å². The highest BCUT2D eigenvalue weighted by atomic mass is 35.5. The predicted molar refractivity (Wildman–Crippen MR) is 88.9 cm³/mol. The number of alkyl halides is 1. The second kappa shape index (κ2) is 5.62. The monoisotopic (exact) mass is 305 g/mol. The molecule has 0 bridgehead atoms. The fourth-order valence-electron chi connectivity index (χ4n) is 3.27. The van der Waals surface area contributed by atoms with E-state index in [1.54, 1.807) is 0 Å². The van der Waals surface area contributed by atoms with Gasteiger partial charge in [0.1, 0.15) is 5.82 Å². The number of aromatic nitrogens is 2. The van der Waals surface area contributed by atoms with Crippen LogP contribution in [0.1, 0.15) is 31.2 Å². The molecular weight excluding hydrogens is 282 g/mol. The Labute approximate surface area is 131 Å². The van der Waals surface area contributed by atoms with Crippen LogP contribution in [0.15, 0.2) is 18.2 Å². The Morgan fingerprint density at radius 3 is 2.67 bits per heavy atom. The Balaban J connectivity index is 1.96. The SMILES string of the molecule is Cc1ccc2c(c1)nc(CCl)n2CC1(C)CCN(C)CC1. The zero-order valence-corrected chi connectivity index (χ0v) is 14.0. The van der Waals surface area contributed by atoms with Crippen LogP contribution in [-0.2, 0) is 12.4 Å². The first-order valence-electron chi connectivity index (χ1n) is 7.71. The van der Waals surface area contributed by atoms with Crippen LogP contribution in [0.5, 0.6) is 0 Å². The second-order valence-corrected chi connectivity index (χ2v) is 7.12. The molecule has 1 aromatic carbocycles. The largest absolute Gasteiger partial charge is 0.326 e. The molecule has 3 nitrogen and oxygen atoms in total. The number of rotatable bonds is 3. The second-order valence-electron chi connectivity index (χ2n) is 6.85. The first-order valence-corrected chi connectivity index (χ1v) is 8.24. The Hall–Kier alpha value is -1.06. The molecule has 0 atom stereocenters. The van der Waals surface area contributed by atoms with Crippen molar-refractivity contribution in [2.75, 3.05) is 20.1 Å². The van der Waals surface area contributed by atoms with Gasteiger partial charge in [0, 0.05) is 6.54 Å². The molecule has 1 aromatic heterocycles. The van der Waals surface area contributed by atoms with Crippen LogP contribution >= 0.6 is 11.6 Å². The molecule has 2 heterocycles. The van der Waals surface area contributed by atoms with E-state index in [-0.39, 0.29) is 0 Å². The lowest BCUT2D eigenvalue weighted by molar-refractivity contribution is 0.121. The van der Waals surface area contributed by atoms with Gasteiger partial charge in [-0.05, 0) is 63.0 Å². The predicted octanol–water partition coefficient (Wildman–Crippen LogP) is 3.82. The van der Waals surface area contributed by atoms with Gasteiger partial charge >= 0.3 is 0 Å². The minimum Gasteiger partial charge on any atom is -0.326 e. The number of piperidine rings is 1. The van der Waals surface area contributed by atoms with E-state index in [1.165, 1.54) is 37.0 Å². The molecule has 4 heteroatoms. The van der Waals surface area contributed by atoms with Gasteiger partial charge in [-0.15, -0.1) is 11.6 Å². The standard InChI is InChI=1S/C17H24ClN3/c1-13-4-5-15-14(10-13)19-16(11-18)21(15)12-17(2)6-8-20(3)9-7-17/h4-5,10H,6-9,11-12H2,1-3H3. The third-order valence-electron chi connectivity index (χ3n) is 4.84. The van der Waals surface area contributed by atoms with E-state index in [0.29, 0.717) is 11.3 Å². The number of aryl methyl sites for hydroxylation is 1. The van der Waals surface area contributed by atoms with E-state index in [0.717, 1.165) is 17.9 Å². The number of imidazole rings is 1. The smallest absolute Gasteiger partial charge is 0.124 e. The fourth-order valence-corrected chi connectivity index (χ4v) is 3.47. The molecule has 0 radical (unpaired) electrons. The molecule has 21 heavy (non-hydrogen) atoms. The van der Waals surface area contributed by atoms with Gasteiger partial charge in [0.15, 0.2) is 0 Å². The Morgan fingerprint density at radius 1 is 1.29 bits per heavy atom. The van der Waals surface area contributed by atoms with Gasteiger partial charge in [-0.2, -0.15) is 0 Å². The zero-order chi connectivity index (χ0) is 15.0. The van der Waals surface area contributed by atoms with E-state index in [9.17, 15) is 0 Å². The molecule has 0 spiro atoms. The van der Waals surface area contributed by atoms with Crippen molar-refractivity contribution in [2.45, 2.75) is 39.1 Å². The normalized spacial score (nSPS) is 19.2. The highest BCUT2D eigenvalue weighted by Crippen LogP contribution is 2.34. The topological polar surface area (TPSA) is 21.1 Å². The molecule has 0 N–H and O–H groups in total. The van der Waals surface area contributed by atoms with Crippen molar-refractivity contribution in [2.24, 2.45) is 5.41 Å². The molecule has 2 aromatic rings. The first-order chi connectivity index (χ1) is 10.0. The van der Waals surface area contributed by atoms with Crippen LogP contribution in [0.4, 0.5) is 0 Å².